The highest BCUT2D eigenvalue weighted by Gasteiger charge is 2.35. The molecule has 0 bridgehead atoms. The number of aryl methyl sites for hydroxylation is 3. The molecule has 0 unspecified atom stereocenters. The maximum Gasteiger partial charge on any atom is 0.0930 e. The van der Waals surface area contributed by atoms with Gasteiger partial charge in [0.25, 0.3) is 0 Å². The molecular formula is C22H23N. The van der Waals surface area contributed by atoms with Crippen LogP contribution in [0.1, 0.15) is 33.4 Å². The van der Waals surface area contributed by atoms with E-state index in [2.05, 4.69) is 93.6 Å². The molecule has 0 fully saturated rings. The number of hydrogen-bond acceptors (Lipinski definition) is 1. The molecule has 0 radical (unpaired) electrons. The third kappa shape index (κ3) is 2.58. The van der Waals surface area contributed by atoms with E-state index in [0.717, 1.165) is 16.7 Å². The minimum atomic E-state index is -0.651. The molecule has 0 aliphatic heterocycles. The summed E-state index contributed by atoms with van der Waals surface area (Å²) in [6, 6.07) is 25.2. The van der Waals surface area contributed by atoms with Gasteiger partial charge in [-0.25, -0.2) is 0 Å². The number of hydrogen-bond donors (Lipinski definition) is 1. The Morgan fingerprint density at radius 2 is 0.783 bits per heavy atom. The van der Waals surface area contributed by atoms with Crippen molar-refractivity contribution < 1.29 is 0 Å². The predicted molar refractivity (Wildman–Crippen MR) is 97.6 cm³/mol. The van der Waals surface area contributed by atoms with Crippen molar-refractivity contribution in [3.05, 3.63) is 106 Å². The van der Waals surface area contributed by atoms with Crippen LogP contribution in [-0.2, 0) is 5.54 Å². The van der Waals surface area contributed by atoms with Gasteiger partial charge in [-0.15, -0.1) is 0 Å². The largest absolute Gasteiger partial charge is 0.314 e. The number of nitrogens with two attached hydrogens (primary N) is 1. The molecule has 0 amide bonds. The highest BCUT2D eigenvalue weighted by Crippen LogP contribution is 2.38. The minimum Gasteiger partial charge on any atom is -0.314 e. The van der Waals surface area contributed by atoms with Crippen molar-refractivity contribution in [3.8, 4) is 0 Å². The van der Waals surface area contributed by atoms with E-state index in [4.69, 9.17) is 5.73 Å². The summed E-state index contributed by atoms with van der Waals surface area (Å²) >= 11 is 0. The monoisotopic (exact) mass is 301 g/mol. The highest BCUT2D eigenvalue weighted by molar-refractivity contribution is 5.55. The van der Waals surface area contributed by atoms with Crippen molar-refractivity contribution in [2.24, 2.45) is 5.73 Å². The van der Waals surface area contributed by atoms with E-state index in [0.29, 0.717) is 0 Å². The Morgan fingerprint density at radius 1 is 0.522 bits per heavy atom. The van der Waals surface area contributed by atoms with Crippen LogP contribution >= 0.6 is 0 Å². The summed E-state index contributed by atoms with van der Waals surface area (Å²) in [5.41, 5.74) is 13.6. The minimum absolute atomic E-state index is 0.651. The molecule has 3 aromatic carbocycles. The molecule has 3 rings (SSSR count). The first-order valence-electron chi connectivity index (χ1n) is 8.02. The van der Waals surface area contributed by atoms with Gasteiger partial charge in [-0.1, -0.05) is 72.8 Å². The van der Waals surface area contributed by atoms with E-state index in [-0.39, 0.29) is 0 Å². The van der Waals surface area contributed by atoms with Crippen molar-refractivity contribution in [3.63, 3.8) is 0 Å². The summed E-state index contributed by atoms with van der Waals surface area (Å²) in [6.45, 7) is 6.40. The molecule has 1 nitrogen and oxygen atoms in total. The fourth-order valence-corrected chi connectivity index (χ4v) is 3.48. The third-order valence-electron chi connectivity index (χ3n) is 4.71. The Bertz CT molecular complexity index is 722. The molecule has 2 N–H and O–H groups in total. The third-order valence-corrected chi connectivity index (χ3v) is 4.71. The second-order valence-electron chi connectivity index (χ2n) is 6.25. The van der Waals surface area contributed by atoms with Crippen LogP contribution in [0, 0.1) is 20.8 Å². The summed E-state index contributed by atoms with van der Waals surface area (Å²) in [5, 5.41) is 0. The Labute approximate surface area is 138 Å². The van der Waals surface area contributed by atoms with Crippen LogP contribution < -0.4 is 5.73 Å². The van der Waals surface area contributed by atoms with Gasteiger partial charge in [0, 0.05) is 0 Å². The Hall–Kier alpha value is -2.38. The standard InChI is InChI=1S/C22H23N/c1-16-10-4-7-13-19(16)22(23,20-14-8-5-11-17(20)2)21-15-9-6-12-18(21)3/h4-15H,23H2,1-3H3. The highest BCUT2D eigenvalue weighted by atomic mass is 14.8. The second-order valence-corrected chi connectivity index (χ2v) is 6.25. The van der Waals surface area contributed by atoms with Gasteiger partial charge in [-0.2, -0.15) is 0 Å². The molecule has 0 spiro atoms. The van der Waals surface area contributed by atoms with Crippen molar-refractivity contribution in [1.82, 2.24) is 0 Å². The number of benzene rings is 3. The molecule has 0 atom stereocenters. The maximum atomic E-state index is 7.16. The van der Waals surface area contributed by atoms with Crippen LogP contribution in [0.25, 0.3) is 0 Å². The lowest BCUT2D eigenvalue weighted by Crippen LogP contribution is -2.41. The molecule has 0 saturated carbocycles. The van der Waals surface area contributed by atoms with Crippen LogP contribution in [0.5, 0.6) is 0 Å². The zero-order valence-electron chi connectivity index (χ0n) is 14.0. The molecule has 0 aliphatic rings. The SMILES string of the molecule is Cc1ccccc1C(N)(c1ccccc1C)c1ccccc1C. The van der Waals surface area contributed by atoms with Crippen molar-refractivity contribution in [2.75, 3.05) is 0 Å². The summed E-state index contributed by atoms with van der Waals surface area (Å²) < 4.78 is 0. The van der Waals surface area contributed by atoms with E-state index in [1.54, 1.807) is 0 Å². The Morgan fingerprint density at radius 3 is 1.04 bits per heavy atom. The molecule has 23 heavy (non-hydrogen) atoms. The number of rotatable bonds is 3. The normalized spacial score (nSPS) is 11.5. The average Bonchev–Trinajstić information content (AvgIpc) is 2.55. The summed E-state index contributed by atoms with van der Waals surface area (Å²) in [7, 11) is 0. The van der Waals surface area contributed by atoms with Gasteiger partial charge in [0.15, 0.2) is 0 Å². The van der Waals surface area contributed by atoms with E-state index >= 15 is 0 Å². The van der Waals surface area contributed by atoms with Gasteiger partial charge in [0.05, 0.1) is 5.54 Å². The van der Waals surface area contributed by atoms with Crippen molar-refractivity contribution >= 4 is 0 Å². The van der Waals surface area contributed by atoms with Gasteiger partial charge in [0.1, 0.15) is 0 Å². The van der Waals surface area contributed by atoms with Crippen molar-refractivity contribution in [1.29, 1.82) is 0 Å². The quantitative estimate of drug-likeness (QED) is 0.687. The van der Waals surface area contributed by atoms with Crippen LogP contribution in [-0.4, -0.2) is 0 Å². The molecule has 0 aliphatic carbocycles. The zero-order chi connectivity index (χ0) is 16.4. The summed E-state index contributed by atoms with van der Waals surface area (Å²) in [5.74, 6) is 0. The smallest absolute Gasteiger partial charge is 0.0930 e. The molecule has 116 valence electrons. The fraction of sp³-hybridized carbons (Fsp3) is 0.182. The Balaban J connectivity index is 2.38. The molecule has 3 aromatic rings. The van der Waals surface area contributed by atoms with Crippen LogP contribution in [0.15, 0.2) is 72.8 Å². The van der Waals surface area contributed by atoms with E-state index in [9.17, 15) is 0 Å². The van der Waals surface area contributed by atoms with Gasteiger partial charge < -0.3 is 5.73 Å². The average molecular weight is 301 g/mol. The summed E-state index contributed by atoms with van der Waals surface area (Å²) in [6.07, 6.45) is 0. The lowest BCUT2D eigenvalue weighted by atomic mass is 9.73. The topological polar surface area (TPSA) is 26.0 Å². The first-order chi connectivity index (χ1) is 11.0. The molecule has 0 heterocycles. The first kappa shape index (κ1) is 15.5. The predicted octanol–water partition coefficient (Wildman–Crippen LogP) is 4.86. The first-order valence-corrected chi connectivity index (χ1v) is 8.02. The molecule has 0 saturated heterocycles. The van der Waals surface area contributed by atoms with Crippen LogP contribution in [0.2, 0.25) is 0 Å². The van der Waals surface area contributed by atoms with Gasteiger partial charge in [0.2, 0.25) is 0 Å². The lowest BCUT2D eigenvalue weighted by Gasteiger charge is -2.35. The fourth-order valence-electron chi connectivity index (χ4n) is 3.48. The lowest BCUT2D eigenvalue weighted by molar-refractivity contribution is 0.638. The molecule has 0 aromatic heterocycles. The molecular weight excluding hydrogens is 278 g/mol. The van der Waals surface area contributed by atoms with E-state index in [1.807, 2.05) is 0 Å². The Kier molecular flexibility index (Phi) is 4.06. The van der Waals surface area contributed by atoms with E-state index in [1.165, 1.54) is 16.7 Å². The molecule has 1 heteroatoms. The summed E-state index contributed by atoms with van der Waals surface area (Å²) in [4.78, 5) is 0. The van der Waals surface area contributed by atoms with Crippen LogP contribution in [0.4, 0.5) is 0 Å². The second kappa shape index (κ2) is 6.02. The van der Waals surface area contributed by atoms with Crippen molar-refractivity contribution in [2.45, 2.75) is 26.3 Å². The van der Waals surface area contributed by atoms with E-state index < -0.39 is 5.54 Å². The van der Waals surface area contributed by atoms with Gasteiger partial charge in [-0.05, 0) is 54.2 Å². The van der Waals surface area contributed by atoms with Crippen LogP contribution in [0.3, 0.4) is 0 Å². The van der Waals surface area contributed by atoms with Gasteiger partial charge >= 0.3 is 0 Å². The maximum absolute atomic E-state index is 7.16. The van der Waals surface area contributed by atoms with Gasteiger partial charge in [-0.3, -0.25) is 0 Å². The zero-order valence-corrected chi connectivity index (χ0v) is 14.0.